The second kappa shape index (κ2) is 9.36. The summed E-state index contributed by atoms with van der Waals surface area (Å²) in [5.74, 6) is -3.10. The van der Waals surface area contributed by atoms with Gasteiger partial charge < -0.3 is 10.1 Å². The number of esters is 1. The number of hydrogen-bond acceptors (Lipinski definition) is 5. The molecule has 0 spiro atoms. The number of thioether (sulfide) groups is 1. The lowest BCUT2D eigenvalue weighted by Crippen LogP contribution is -2.45. The van der Waals surface area contributed by atoms with E-state index in [0.29, 0.717) is 0 Å². The van der Waals surface area contributed by atoms with Crippen LogP contribution in [0.15, 0.2) is 23.1 Å². The zero-order valence-electron chi connectivity index (χ0n) is 13.3. The molecule has 9 heteroatoms. The van der Waals surface area contributed by atoms with Crippen molar-refractivity contribution < 1.29 is 27.9 Å². The van der Waals surface area contributed by atoms with Crippen molar-refractivity contribution in [3.63, 3.8) is 0 Å². The number of carbonyl (C=O) groups excluding carboxylic acids is 3. The van der Waals surface area contributed by atoms with Crippen LogP contribution in [0.2, 0.25) is 0 Å². The third-order valence-corrected chi connectivity index (χ3v) is 4.55. The molecule has 1 aliphatic carbocycles. The van der Waals surface area contributed by atoms with Crippen molar-refractivity contribution in [2.24, 2.45) is 0 Å². The van der Waals surface area contributed by atoms with Crippen LogP contribution < -0.4 is 10.6 Å². The first-order valence-corrected chi connectivity index (χ1v) is 8.76. The normalized spacial score (nSPS) is 14.2. The average molecular weight is 372 g/mol. The number of imide groups is 1. The Kier molecular flexibility index (Phi) is 7.17. The number of nitrogens with one attached hydrogen (secondary N) is 2. The lowest BCUT2D eigenvalue weighted by atomic mass is 10.2. The highest BCUT2D eigenvalue weighted by molar-refractivity contribution is 8.00. The van der Waals surface area contributed by atoms with Crippen LogP contribution in [0.1, 0.15) is 25.7 Å². The molecule has 3 amide bonds. The topological polar surface area (TPSA) is 84.5 Å². The summed E-state index contributed by atoms with van der Waals surface area (Å²) in [7, 11) is 0. The van der Waals surface area contributed by atoms with Crippen molar-refractivity contribution in [1.82, 2.24) is 10.6 Å². The Bertz CT molecular complexity index is 651. The average Bonchev–Trinajstić information content (AvgIpc) is 3.06. The van der Waals surface area contributed by atoms with E-state index < -0.39 is 36.1 Å². The second-order valence-corrected chi connectivity index (χ2v) is 6.54. The first-order chi connectivity index (χ1) is 11.9. The van der Waals surface area contributed by atoms with Crippen LogP contribution in [-0.2, 0) is 14.3 Å². The molecule has 0 aliphatic heterocycles. The summed E-state index contributed by atoms with van der Waals surface area (Å²) in [6.07, 6.45) is 3.84. The molecule has 0 bridgehead atoms. The van der Waals surface area contributed by atoms with E-state index >= 15 is 0 Å². The smallest absolute Gasteiger partial charge is 0.321 e. The highest BCUT2D eigenvalue weighted by Crippen LogP contribution is 2.22. The number of halogens is 2. The van der Waals surface area contributed by atoms with Gasteiger partial charge in [0.1, 0.15) is 11.6 Å². The highest BCUT2D eigenvalue weighted by atomic mass is 32.2. The summed E-state index contributed by atoms with van der Waals surface area (Å²) >= 11 is 0.756. The lowest BCUT2D eigenvalue weighted by molar-refractivity contribution is -0.145. The van der Waals surface area contributed by atoms with Gasteiger partial charge in [0.05, 0.1) is 5.75 Å². The monoisotopic (exact) mass is 372 g/mol. The first-order valence-electron chi connectivity index (χ1n) is 7.78. The summed E-state index contributed by atoms with van der Waals surface area (Å²) in [5.41, 5.74) is 0. The van der Waals surface area contributed by atoms with Crippen molar-refractivity contribution >= 4 is 29.7 Å². The van der Waals surface area contributed by atoms with Gasteiger partial charge in [-0.3, -0.25) is 14.9 Å². The van der Waals surface area contributed by atoms with Crippen molar-refractivity contribution in [3.05, 3.63) is 29.8 Å². The Hall–Kier alpha value is -2.16. The van der Waals surface area contributed by atoms with Gasteiger partial charge in [-0.25, -0.2) is 13.6 Å². The predicted octanol–water partition coefficient (Wildman–Crippen LogP) is 2.37. The Labute approximate surface area is 147 Å². The summed E-state index contributed by atoms with van der Waals surface area (Å²) < 4.78 is 31.1. The van der Waals surface area contributed by atoms with E-state index in [2.05, 4.69) is 10.6 Å². The fraction of sp³-hybridized carbons (Fsp3) is 0.438. The number of ether oxygens (including phenoxy) is 1. The molecule has 1 aliphatic rings. The van der Waals surface area contributed by atoms with Gasteiger partial charge in [0.25, 0.3) is 5.91 Å². The molecule has 0 radical (unpaired) electrons. The van der Waals surface area contributed by atoms with Crippen molar-refractivity contribution in [2.75, 3.05) is 12.4 Å². The predicted molar refractivity (Wildman–Crippen MR) is 87.0 cm³/mol. The van der Waals surface area contributed by atoms with Crippen LogP contribution in [0.3, 0.4) is 0 Å². The number of amides is 3. The zero-order chi connectivity index (χ0) is 18.2. The highest BCUT2D eigenvalue weighted by Gasteiger charge is 2.18. The minimum atomic E-state index is -0.778. The van der Waals surface area contributed by atoms with Crippen LogP contribution in [0.4, 0.5) is 13.6 Å². The molecule has 2 rings (SSSR count). The minimum Gasteiger partial charge on any atom is -0.455 e. The Morgan fingerprint density at radius 2 is 1.92 bits per heavy atom. The van der Waals surface area contributed by atoms with Crippen LogP contribution >= 0.6 is 11.8 Å². The number of carbonyl (C=O) groups is 3. The van der Waals surface area contributed by atoms with Crippen LogP contribution in [0, 0.1) is 11.6 Å². The van der Waals surface area contributed by atoms with Gasteiger partial charge in [0.15, 0.2) is 6.61 Å². The molecule has 6 nitrogen and oxygen atoms in total. The van der Waals surface area contributed by atoms with E-state index in [1.807, 2.05) is 0 Å². The van der Waals surface area contributed by atoms with E-state index in [1.54, 1.807) is 0 Å². The van der Waals surface area contributed by atoms with Gasteiger partial charge in [-0.15, -0.1) is 11.8 Å². The summed E-state index contributed by atoms with van der Waals surface area (Å²) in [5, 5.41) is 4.73. The van der Waals surface area contributed by atoms with Crippen molar-refractivity contribution in [3.8, 4) is 0 Å². The molecule has 1 aromatic carbocycles. The third kappa shape index (κ3) is 6.69. The molecule has 2 N–H and O–H groups in total. The first kappa shape index (κ1) is 19.2. The van der Waals surface area contributed by atoms with E-state index in [0.717, 1.165) is 55.6 Å². The van der Waals surface area contributed by atoms with E-state index in [-0.39, 0.29) is 16.7 Å². The molecule has 25 heavy (non-hydrogen) atoms. The quantitative estimate of drug-likeness (QED) is 0.592. The second-order valence-electron chi connectivity index (χ2n) is 5.53. The summed E-state index contributed by atoms with van der Waals surface area (Å²) in [6, 6.07) is 2.34. The molecule has 0 atom stereocenters. The summed E-state index contributed by atoms with van der Waals surface area (Å²) in [6.45, 7) is -0.622. The summed E-state index contributed by atoms with van der Waals surface area (Å²) in [4.78, 5) is 34.6. The van der Waals surface area contributed by atoms with Gasteiger partial charge in [0.2, 0.25) is 0 Å². The van der Waals surface area contributed by atoms with Gasteiger partial charge in [-0.05, 0) is 31.0 Å². The molecule has 1 aromatic rings. The lowest BCUT2D eigenvalue weighted by Gasteiger charge is -2.12. The van der Waals surface area contributed by atoms with Gasteiger partial charge in [-0.1, -0.05) is 12.8 Å². The Balaban J connectivity index is 1.65. The van der Waals surface area contributed by atoms with Crippen molar-refractivity contribution in [1.29, 1.82) is 0 Å². The van der Waals surface area contributed by atoms with E-state index in [9.17, 15) is 23.2 Å². The van der Waals surface area contributed by atoms with E-state index in [4.69, 9.17) is 4.74 Å². The molecular formula is C16H18F2N2O4S. The molecule has 0 heterocycles. The van der Waals surface area contributed by atoms with Crippen molar-refractivity contribution in [2.45, 2.75) is 36.6 Å². The van der Waals surface area contributed by atoms with E-state index in [1.165, 1.54) is 0 Å². The number of rotatable bonds is 6. The van der Waals surface area contributed by atoms with Crippen LogP contribution in [-0.4, -0.2) is 36.3 Å². The fourth-order valence-electron chi connectivity index (χ4n) is 2.37. The standard InChI is InChI=1S/C16H18F2N2O4S/c17-10-5-6-12(18)13(7-10)25-9-15(22)24-8-14(21)20-16(23)19-11-3-1-2-4-11/h5-7,11H,1-4,8-9H2,(H2,19,20,21,23). The number of urea groups is 1. The zero-order valence-corrected chi connectivity index (χ0v) is 14.2. The largest absolute Gasteiger partial charge is 0.455 e. The fourth-order valence-corrected chi connectivity index (χ4v) is 3.13. The van der Waals surface area contributed by atoms with Gasteiger partial charge in [-0.2, -0.15) is 0 Å². The molecule has 0 unspecified atom stereocenters. The van der Waals surface area contributed by atoms with Gasteiger partial charge >= 0.3 is 12.0 Å². The van der Waals surface area contributed by atoms with Gasteiger partial charge in [0, 0.05) is 10.9 Å². The number of hydrogen-bond donors (Lipinski definition) is 2. The Morgan fingerprint density at radius 1 is 1.20 bits per heavy atom. The maximum Gasteiger partial charge on any atom is 0.321 e. The Morgan fingerprint density at radius 3 is 2.64 bits per heavy atom. The third-order valence-electron chi connectivity index (χ3n) is 3.55. The van der Waals surface area contributed by atoms with Crippen LogP contribution in [0.5, 0.6) is 0 Å². The minimum absolute atomic E-state index is 0.0302. The maximum atomic E-state index is 13.4. The molecule has 1 fully saturated rings. The van der Waals surface area contributed by atoms with Crippen LogP contribution in [0.25, 0.3) is 0 Å². The molecule has 0 saturated heterocycles. The maximum absolute atomic E-state index is 13.4. The number of benzene rings is 1. The molecule has 136 valence electrons. The SMILES string of the molecule is O=C(COC(=O)CSc1cc(F)ccc1F)NC(=O)NC1CCCC1. The molecule has 0 aromatic heterocycles. The molecular weight excluding hydrogens is 354 g/mol. The molecule has 1 saturated carbocycles.